The van der Waals surface area contributed by atoms with E-state index in [0.29, 0.717) is 11.6 Å². The van der Waals surface area contributed by atoms with E-state index < -0.39 is 0 Å². The second kappa shape index (κ2) is 10.3. The van der Waals surface area contributed by atoms with Gasteiger partial charge in [-0.05, 0) is 79.6 Å². The van der Waals surface area contributed by atoms with Crippen LogP contribution in [0, 0.1) is 11.7 Å². The van der Waals surface area contributed by atoms with Crippen LogP contribution in [0.3, 0.4) is 0 Å². The highest BCUT2D eigenvalue weighted by molar-refractivity contribution is 5.92. The fourth-order valence-corrected chi connectivity index (χ4v) is 4.11. The third kappa shape index (κ3) is 5.63. The fraction of sp³-hybridized carbons (Fsp3) is 0.179. The molecule has 0 atom stereocenters. The molecular formula is C28H25FN4O2. The topological polar surface area (TPSA) is 67.3 Å². The SMILES string of the molecule is O=C(Nc1ccc(Oc2ccccc2)cc1)C1CCN(c2ccnc(-c3ccc(F)cc3)n2)CC1. The zero-order valence-corrected chi connectivity index (χ0v) is 19.1. The van der Waals surface area contributed by atoms with Crippen molar-refractivity contribution in [3.05, 3.63) is 96.9 Å². The number of nitrogens with zero attached hydrogens (tertiary/aromatic N) is 3. The number of anilines is 2. The van der Waals surface area contributed by atoms with Crippen molar-refractivity contribution in [1.82, 2.24) is 9.97 Å². The number of carbonyl (C=O) groups is 1. The Morgan fingerprint density at radius 2 is 1.57 bits per heavy atom. The smallest absolute Gasteiger partial charge is 0.227 e. The van der Waals surface area contributed by atoms with E-state index in [0.717, 1.165) is 48.7 Å². The van der Waals surface area contributed by atoms with Gasteiger partial charge >= 0.3 is 0 Å². The predicted molar refractivity (Wildman–Crippen MR) is 134 cm³/mol. The van der Waals surface area contributed by atoms with Gasteiger partial charge < -0.3 is 15.0 Å². The van der Waals surface area contributed by atoms with Crippen molar-refractivity contribution >= 4 is 17.4 Å². The quantitative estimate of drug-likeness (QED) is 0.380. The van der Waals surface area contributed by atoms with Gasteiger partial charge in [0.1, 0.15) is 23.1 Å². The number of piperidine rings is 1. The van der Waals surface area contributed by atoms with Crippen molar-refractivity contribution in [1.29, 1.82) is 0 Å². The van der Waals surface area contributed by atoms with Crippen molar-refractivity contribution in [2.24, 2.45) is 5.92 Å². The Kier molecular flexibility index (Phi) is 6.66. The second-order valence-corrected chi connectivity index (χ2v) is 8.44. The average Bonchev–Trinajstić information content (AvgIpc) is 2.91. The minimum Gasteiger partial charge on any atom is -0.457 e. The lowest BCUT2D eigenvalue weighted by atomic mass is 9.96. The Labute approximate surface area is 203 Å². The highest BCUT2D eigenvalue weighted by atomic mass is 19.1. The molecule has 3 aromatic carbocycles. The number of hydrogen-bond donors (Lipinski definition) is 1. The van der Waals surface area contributed by atoms with Gasteiger partial charge in [0.15, 0.2) is 5.82 Å². The summed E-state index contributed by atoms with van der Waals surface area (Å²) in [6.45, 7) is 1.45. The molecule has 1 N–H and O–H groups in total. The maximum absolute atomic E-state index is 13.2. The van der Waals surface area contributed by atoms with Gasteiger partial charge in [-0.15, -0.1) is 0 Å². The van der Waals surface area contributed by atoms with Crippen LogP contribution < -0.4 is 15.0 Å². The number of ether oxygens (including phenoxy) is 1. The molecule has 1 fully saturated rings. The molecule has 2 heterocycles. The standard InChI is InChI=1S/C28H25FN4O2/c29-22-8-6-20(7-9-22)27-30-17-14-26(32-27)33-18-15-21(16-19-33)28(34)31-23-10-12-25(13-11-23)35-24-4-2-1-3-5-24/h1-14,17,21H,15-16,18-19H2,(H,31,34). The van der Waals surface area contributed by atoms with Crippen LogP contribution in [-0.4, -0.2) is 29.0 Å². The van der Waals surface area contributed by atoms with E-state index in [1.165, 1.54) is 12.1 Å². The normalized spacial score (nSPS) is 13.9. The third-order valence-corrected chi connectivity index (χ3v) is 6.03. The minimum absolute atomic E-state index is 0.0241. The molecule has 35 heavy (non-hydrogen) atoms. The molecule has 1 aromatic heterocycles. The van der Waals surface area contributed by atoms with Crippen LogP contribution in [0.1, 0.15) is 12.8 Å². The summed E-state index contributed by atoms with van der Waals surface area (Å²) in [7, 11) is 0. The number of carbonyl (C=O) groups excluding carboxylic acids is 1. The molecule has 0 aliphatic carbocycles. The summed E-state index contributed by atoms with van der Waals surface area (Å²) in [6, 6.07) is 25.0. The Bertz CT molecular complexity index is 1270. The lowest BCUT2D eigenvalue weighted by molar-refractivity contribution is -0.120. The van der Waals surface area contributed by atoms with Crippen LogP contribution in [-0.2, 0) is 4.79 Å². The van der Waals surface area contributed by atoms with Crippen LogP contribution in [0.2, 0.25) is 0 Å². The van der Waals surface area contributed by atoms with E-state index in [1.807, 2.05) is 60.7 Å². The largest absolute Gasteiger partial charge is 0.457 e. The lowest BCUT2D eigenvalue weighted by Gasteiger charge is -2.32. The molecule has 0 radical (unpaired) electrons. The van der Waals surface area contributed by atoms with Crippen LogP contribution in [0.4, 0.5) is 15.9 Å². The summed E-state index contributed by atoms with van der Waals surface area (Å²) in [5.41, 5.74) is 1.51. The van der Waals surface area contributed by atoms with E-state index >= 15 is 0 Å². The summed E-state index contributed by atoms with van der Waals surface area (Å²) < 4.78 is 19.0. The van der Waals surface area contributed by atoms with E-state index in [1.54, 1.807) is 18.3 Å². The lowest BCUT2D eigenvalue weighted by Crippen LogP contribution is -2.38. The van der Waals surface area contributed by atoms with Crippen molar-refractivity contribution in [2.45, 2.75) is 12.8 Å². The monoisotopic (exact) mass is 468 g/mol. The Morgan fingerprint density at radius 3 is 2.29 bits per heavy atom. The molecule has 0 unspecified atom stereocenters. The summed E-state index contributed by atoms with van der Waals surface area (Å²) in [5, 5.41) is 3.02. The number of hydrogen-bond acceptors (Lipinski definition) is 5. The number of rotatable bonds is 6. The van der Waals surface area contributed by atoms with E-state index in [2.05, 4.69) is 20.2 Å². The van der Waals surface area contributed by atoms with E-state index in [-0.39, 0.29) is 17.6 Å². The molecule has 0 spiro atoms. The van der Waals surface area contributed by atoms with Crippen molar-refractivity contribution in [3.63, 3.8) is 0 Å². The van der Waals surface area contributed by atoms with E-state index in [4.69, 9.17) is 4.74 Å². The van der Waals surface area contributed by atoms with Gasteiger partial charge in [0.05, 0.1) is 0 Å². The first-order valence-electron chi connectivity index (χ1n) is 11.6. The van der Waals surface area contributed by atoms with Gasteiger partial charge in [0, 0.05) is 36.5 Å². The molecule has 1 saturated heterocycles. The van der Waals surface area contributed by atoms with Gasteiger partial charge in [-0.1, -0.05) is 18.2 Å². The zero-order valence-electron chi connectivity index (χ0n) is 19.1. The Balaban J connectivity index is 1.15. The number of nitrogens with one attached hydrogen (secondary N) is 1. The highest BCUT2D eigenvalue weighted by Crippen LogP contribution is 2.26. The molecule has 4 aromatic rings. The summed E-state index contributed by atoms with van der Waals surface area (Å²) in [6.07, 6.45) is 3.18. The Morgan fingerprint density at radius 1 is 0.886 bits per heavy atom. The van der Waals surface area contributed by atoms with Gasteiger partial charge in [0.25, 0.3) is 0 Å². The molecule has 0 bridgehead atoms. The number of benzene rings is 3. The summed E-state index contributed by atoms with van der Waals surface area (Å²) in [5.74, 6) is 2.52. The van der Waals surface area contributed by atoms with E-state index in [9.17, 15) is 9.18 Å². The molecular weight excluding hydrogens is 443 g/mol. The molecule has 6 nitrogen and oxygen atoms in total. The van der Waals surface area contributed by atoms with Gasteiger partial charge in [-0.25, -0.2) is 14.4 Å². The highest BCUT2D eigenvalue weighted by Gasteiger charge is 2.26. The van der Waals surface area contributed by atoms with Crippen LogP contribution in [0.15, 0.2) is 91.1 Å². The van der Waals surface area contributed by atoms with Crippen LogP contribution >= 0.6 is 0 Å². The van der Waals surface area contributed by atoms with Crippen molar-refractivity contribution < 1.29 is 13.9 Å². The summed E-state index contributed by atoms with van der Waals surface area (Å²) in [4.78, 5) is 24.0. The molecule has 1 amide bonds. The molecule has 1 aliphatic rings. The fourth-order valence-electron chi connectivity index (χ4n) is 4.11. The number of amides is 1. The second-order valence-electron chi connectivity index (χ2n) is 8.44. The first-order valence-corrected chi connectivity index (χ1v) is 11.6. The number of aromatic nitrogens is 2. The maximum Gasteiger partial charge on any atom is 0.227 e. The predicted octanol–water partition coefficient (Wildman–Crippen LogP) is 5.93. The minimum atomic E-state index is -0.290. The molecule has 7 heteroatoms. The van der Waals surface area contributed by atoms with Gasteiger partial charge in [0.2, 0.25) is 5.91 Å². The molecule has 0 saturated carbocycles. The summed E-state index contributed by atoms with van der Waals surface area (Å²) >= 11 is 0. The zero-order chi connectivity index (χ0) is 24.0. The first kappa shape index (κ1) is 22.5. The maximum atomic E-state index is 13.2. The van der Waals surface area contributed by atoms with Crippen molar-refractivity contribution in [2.75, 3.05) is 23.3 Å². The number of para-hydroxylation sites is 1. The van der Waals surface area contributed by atoms with Crippen molar-refractivity contribution in [3.8, 4) is 22.9 Å². The average molecular weight is 469 g/mol. The van der Waals surface area contributed by atoms with Gasteiger partial charge in [-0.3, -0.25) is 4.79 Å². The van der Waals surface area contributed by atoms with Gasteiger partial charge in [-0.2, -0.15) is 0 Å². The molecule has 5 rings (SSSR count). The van der Waals surface area contributed by atoms with Crippen LogP contribution in [0.25, 0.3) is 11.4 Å². The Hall–Kier alpha value is -4.26. The molecule has 176 valence electrons. The molecule has 1 aliphatic heterocycles. The first-order chi connectivity index (χ1) is 17.1. The van der Waals surface area contributed by atoms with Crippen LogP contribution in [0.5, 0.6) is 11.5 Å². The number of halogens is 1. The third-order valence-electron chi connectivity index (χ3n) is 6.03.